The van der Waals surface area contributed by atoms with Gasteiger partial charge in [-0.2, -0.15) is 5.26 Å². The van der Waals surface area contributed by atoms with E-state index < -0.39 is 0 Å². The van der Waals surface area contributed by atoms with Gasteiger partial charge in [0.05, 0.1) is 5.56 Å². The Labute approximate surface area is 98.7 Å². The highest BCUT2D eigenvalue weighted by Gasteiger charge is 2.03. The fourth-order valence-electron chi connectivity index (χ4n) is 1.31. The van der Waals surface area contributed by atoms with E-state index in [-0.39, 0.29) is 0 Å². The van der Waals surface area contributed by atoms with Crippen molar-refractivity contribution < 1.29 is 4.74 Å². The summed E-state index contributed by atoms with van der Waals surface area (Å²) in [5.74, 6) is 1.16. The Morgan fingerprint density at radius 2 is 1.88 bits per heavy atom. The average Bonchev–Trinajstić information content (AvgIpc) is 2.30. The van der Waals surface area contributed by atoms with Crippen molar-refractivity contribution in [3.63, 3.8) is 0 Å². The van der Waals surface area contributed by atoms with Crippen molar-refractivity contribution in [3.8, 4) is 17.6 Å². The van der Waals surface area contributed by atoms with Gasteiger partial charge in [-0.15, -0.1) is 0 Å². The Balaban J connectivity index is 2.31. The van der Waals surface area contributed by atoms with Crippen molar-refractivity contribution >= 4 is 11.6 Å². The summed E-state index contributed by atoms with van der Waals surface area (Å²) in [5.41, 5.74) is 0.502. The molecule has 2 nitrogen and oxygen atoms in total. The highest BCUT2D eigenvalue weighted by Crippen LogP contribution is 2.26. The molecular weight excluding hydrogens is 222 g/mol. The quantitative estimate of drug-likeness (QED) is 0.780. The molecule has 0 N–H and O–H groups in total. The van der Waals surface area contributed by atoms with Gasteiger partial charge < -0.3 is 4.74 Å². The number of benzene rings is 2. The first-order valence-electron chi connectivity index (χ1n) is 4.72. The number of rotatable bonds is 2. The lowest BCUT2D eigenvalue weighted by Crippen LogP contribution is -1.87. The van der Waals surface area contributed by atoms with Gasteiger partial charge in [-0.25, -0.2) is 0 Å². The lowest BCUT2D eigenvalue weighted by atomic mass is 10.2. The number of nitriles is 1. The average molecular weight is 230 g/mol. The van der Waals surface area contributed by atoms with E-state index in [1.54, 1.807) is 42.5 Å². The third-order valence-corrected chi connectivity index (χ3v) is 2.27. The van der Waals surface area contributed by atoms with Crippen LogP contribution in [0.25, 0.3) is 0 Å². The molecule has 0 atom stereocenters. The molecular formula is C13H8ClNO. The molecule has 0 aliphatic carbocycles. The zero-order valence-electron chi connectivity index (χ0n) is 8.35. The Morgan fingerprint density at radius 1 is 1.06 bits per heavy atom. The molecule has 3 heteroatoms. The van der Waals surface area contributed by atoms with Crippen LogP contribution in [0.3, 0.4) is 0 Å². The predicted octanol–water partition coefficient (Wildman–Crippen LogP) is 4.00. The summed E-state index contributed by atoms with van der Waals surface area (Å²) in [5, 5.41) is 9.50. The van der Waals surface area contributed by atoms with Gasteiger partial charge in [-0.1, -0.05) is 29.8 Å². The maximum absolute atomic E-state index is 8.89. The van der Waals surface area contributed by atoms with Gasteiger partial charge in [0.1, 0.15) is 17.6 Å². The topological polar surface area (TPSA) is 33.0 Å². The first-order chi connectivity index (χ1) is 7.79. The molecule has 78 valence electrons. The molecule has 2 aromatic carbocycles. The minimum atomic E-state index is 0.502. The summed E-state index contributed by atoms with van der Waals surface area (Å²) < 4.78 is 5.57. The van der Waals surface area contributed by atoms with E-state index in [0.717, 1.165) is 0 Å². The van der Waals surface area contributed by atoms with Gasteiger partial charge in [0.2, 0.25) is 0 Å². The van der Waals surface area contributed by atoms with E-state index in [9.17, 15) is 0 Å². The zero-order valence-corrected chi connectivity index (χ0v) is 9.11. The van der Waals surface area contributed by atoms with Crippen molar-refractivity contribution in [2.75, 3.05) is 0 Å². The van der Waals surface area contributed by atoms with Crippen LogP contribution < -0.4 is 4.74 Å². The Morgan fingerprint density at radius 3 is 2.62 bits per heavy atom. The van der Waals surface area contributed by atoms with E-state index in [4.69, 9.17) is 21.6 Å². The third-order valence-electron chi connectivity index (χ3n) is 2.03. The Bertz CT molecular complexity index is 546. The van der Waals surface area contributed by atoms with Gasteiger partial charge >= 0.3 is 0 Å². The Hall–Kier alpha value is -1.98. The number of halogens is 1. The normalized spacial score (nSPS) is 9.50. The highest BCUT2D eigenvalue weighted by atomic mass is 35.5. The van der Waals surface area contributed by atoms with Gasteiger partial charge in [-0.3, -0.25) is 0 Å². The van der Waals surface area contributed by atoms with Gasteiger partial charge in [0, 0.05) is 5.02 Å². The van der Waals surface area contributed by atoms with Crippen molar-refractivity contribution in [1.29, 1.82) is 5.26 Å². The summed E-state index contributed by atoms with van der Waals surface area (Å²) in [6.45, 7) is 0. The van der Waals surface area contributed by atoms with Crippen LogP contribution in [0, 0.1) is 11.3 Å². The highest BCUT2D eigenvalue weighted by molar-refractivity contribution is 6.30. The van der Waals surface area contributed by atoms with Crippen molar-refractivity contribution in [2.45, 2.75) is 0 Å². The van der Waals surface area contributed by atoms with Crippen LogP contribution in [0.5, 0.6) is 11.5 Å². The zero-order chi connectivity index (χ0) is 11.4. The predicted molar refractivity (Wildman–Crippen MR) is 62.7 cm³/mol. The molecule has 0 saturated carbocycles. The van der Waals surface area contributed by atoms with Gasteiger partial charge in [-0.05, 0) is 30.3 Å². The molecule has 0 spiro atoms. The van der Waals surface area contributed by atoms with E-state index in [1.807, 2.05) is 6.07 Å². The van der Waals surface area contributed by atoms with Crippen molar-refractivity contribution in [2.24, 2.45) is 0 Å². The minimum Gasteiger partial charge on any atom is -0.456 e. The van der Waals surface area contributed by atoms with E-state index in [0.29, 0.717) is 22.1 Å². The van der Waals surface area contributed by atoms with E-state index in [1.165, 1.54) is 0 Å². The number of ether oxygens (including phenoxy) is 1. The molecule has 0 aliphatic rings. The SMILES string of the molecule is N#Cc1ccccc1Oc1cccc(Cl)c1. The summed E-state index contributed by atoms with van der Waals surface area (Å²) in [4.78, 5) is 0. The standard InChI is InChI=1S/C13H8ClNO/c14-11-5-3-6-12(8-11)16-13-7-2-1-4-10(13)9-15/h1-8H. The van der Waals surface area contributed by atoms with Crippen LogP contribution in [0.1, 0.15) is 5.56 Å². The van der Waals surface area contributed by atoms with Crippen LogP contribution in [-0.4, -0.2) is 0 Å². The van der Waals surface area contributed by atoms with Crippen molar-refractivity contribution in [1.82, 2.24) is 0 Å². The number of hydrogen-bond donors (Lipinski definition) is 0. The lowest BCUT2D eigenvalue weighted by Gasteiger charge is -2.06. The molecule has 2 aromatic rings. The summed E-state index contributed by atoms with van der Waals surface area (Å²) >= 11 is 5.84. The molecule has 0 unspecified atom stereocenters. The van der Waals surface area contributed by atoms with Crippen LogP contribution >= 0.6 is 11.6 Å². The fourth-order valence-corrected chi connectivity index (χ4v) is 1.49. The lowest BCUT2D eigenvalue weighted by molar-refractivity contribution is 0.481. The molecule has 0 saturated heterocycles. The molecule has 2 rings (SSSR count). The maximum atomic E-state index is 8.89. The second-order valence-electron chi connectivity index (χ2n) is 3.17. The van der Waals surface area contributed by atoms with Crippen molar-refractivity contribution in [3.05, 3.63) is 59.1 Å². The molecule has 0 amide bonds. The maximum Gasteiger partial charge on any atom is 0.145 e. The molecule has 0 heterocycles. The first-order valence-corrected chi connectivity index (χ1v) is 5.10. The largest absolute Gasteiger partial charge is 0.456 e. The number of para-hydroxylation sites is 1. The molecule has 0 aliphatic heterocycles. The van der Waals surface area contributed by atoms with Gasteiger partial charge in [0.25, 0.3) is 0 Å². The monoisotopic (exact) mass is 229 g/mol. The minimum absolute atomic E-state index is 0.502. The molecule has 0 radical (unpaired) electrons. The molecule has 0 bridgehead atoms. The van der Waals surface area contributed by atoms with Crippen LogP contribution in [0.15, 0.2) is 48.5 Å². The van der Waals surface area contributed by atoms with E-state index >= 15 is 0 Å². The third kappa shape index (κ3) is 2.33. The van der Waals surface area contributed by atoms with Crippen LogP contribution in [0.2, 0.25) is 5.02 Å². The molecule has 0 fully saturated rings. The second-order valence-corrected chi connectivity index (χ2v) is 3.60. The number of nitrogens with zero attached hydrogens (tertiary/aromatic N) is 1. The molecule has 0 aromatic heterocycles. The Kier molecular flexibility index (Phi) is 3.09. The van der Waals surface area contributed by atoms with Crippen LogP contribution in [0.4, 0.5) is 0 Å². The summed E-state index contributed by atoms with van der Waals surface area (Å²) in [6.07, 6.45) is 0. The number of hydrogen-bond acceptors (Lipinski definition) is 2. The van der Waals surface area contributed by atoms with Gasteiger partial charge in [0.15, 0.2) is 0 Å². The summed E-state index contributed by atoms with van der Waals surface area (Å²) in [7, 11) is 0. The first kappa shape index (κ1) is 10.5. The molecule has 16 heavy (non-hydrogen) atoms. The second kappa shape index (κ2) is 4.69. The van der Waals surface area contributed by atoms with Crippen LogP contribution in [-0.2, 0) is 0 Å². The summed E-state index contributed by atoms with van der Waals surface area (Å²) in [6, 6.07) is 16.2. The van der Waals surface area contributed by atoms with E-state index in [2.05, 4.69) is 6.07 Å². The smallest absolute Gasteiger partial charge is 0.145 e. The fraction of sp³-hybridized carbons (Fsp3) is 0.